The molecule has 1 atom stereocenters. The lowest BCUT2D eigenvalue weighted by molar-refractivity contribution is -0.118. The molecule has 2 rings (SSSR count). The number of rotatable bonds is 3. The van der Waals surface area contributed by atoms with Crippen LogP contribution in [0.1, 0.15) is 12.5 Å². The van der Waals surface area contributed by atoms with Crippen LogP contribution in [0.15, 0.2) is 54.1 Å². The monoisotopic (exact) mass is 198 g/mol. The van der Waals surface area contributed by atoms with Gasteiger partial charge >= 0.3 is 0 Å². The van der Waals surface area contributed by atoms with Crippen molar-refractivity contribution in [2.24, 2.45) is 5.92 Å². The van der Waals surface area contributed by atoms with E-state index in [-0.39, 0.29) is 11.7 Å². The molecule has 15 heavy (non-hydrogen) atoms. The SMILES string of the molecule is CC(=O)C1C=CC(Cc2ccccc2)=C1. The van der Waals surface area contributed by atoms with Crippen LogP contribution in [0.2, 0.25) is 0 Å². The fourth-order valence-corrected chi connectivity index (χ4v) is 1.77. The summed E-state index contributed by atoms with van der Waals surface area (Å²) in [5.41, 5.74) is 2.53. The Morgan fingerprint density at radius 1 is 1.27 bits per heavy atom. The van der Waals surface area contributed by atoms with Gasteiger partial charge in [-0.2, -0.15) is 0 Å². The highest BCUT2D eigenvalue weighted by molar-refractivity contribution is 5.83. The lowest BCUT2D eigenvalue weighted by atomic mass is 10.0. The van der Waals surface area contributed by atoms with E-state index >= 15 is 0 Å². The fraction of sp³-hybridized carbons (Fsp3) is 0.214. The molecule has 76 valence electrons. The van der Waals surface area contributed by atoms with Crippen LogP contribution in [-0.4, -0.2) is 5.78 Å². The first kappa shape index (κ1) is 9.91. The minimum absolute atomic E-state index is 0.00344. The van der Waals surface area contributed by atoms with E-state index in [1.165, 1.54) is 11.1 Å². The van der Waals surface area contributed by atoms with Crippen molar-refractivity contribution in [1.82, 2.24) is 0 Å². The first-order valence-corrected chi connectivity index (χ1v) is 5.19. The summed E-state index contributed by atoms with van der Waals surface area (Å²) in [6.07, 6.45) is 7.00. The molecule has 0 bridgehead atoms. The molecule has 0 heterocycles. The number of Topliss-reactive ketones (excluding diaryl/α,β-unsaturated/α-hetero) is 1. The van der Waals surface area contributed by atoms with E-state index in [1.54, 1.807) is 6.92 Å². The smallest absolute Gasteiger partial charge is 0.140 e. The number of hydrogen-bond acceptors (Lipinski definition) is 1. The molecule has 0 spiro atoms. The molecule has 0 aromatic heterocycles. The minimum atomic E-state index is 0.00344. The Hall–Kier alpha value is -1.63. The third-order valence-electron chi connectivity index (χ3n) is 2.63. The zero-order chi connectivity index (χ0) is 10.7. The Kier molecular flexibility index (Phi) is 2.82. The zero-order valence-corrected chi connectivity index (χ0v) is 8.81. The van der Waals surface area contributed by atoms with Crippen LogP contribution >= 0.6 is 0 Å². The Labute approximate surface area is 90.1 Å². The molecular weight excluding hydrogens is 184 g/mol. The molecule has 0 fully saturated rings. The quantitative estimate of drug-likeness (QED) is 0.729. The van der Waals surface area contributed by atoms with Crippen molar-refractivity contribution >= 4 is 5.78 Å². The van der Waals surface area contributed by atoms with Crippen LogP contribution in [0.4, 0.5) is 0 Å². The Morgan fingerprint density at radius 3 is 2.60 bits per heavy atom. The third kappa shape index (κ3) is 2.44. The van der Waals surface area contributed by atoms with E-state index in [0.717, 1.165) is 6.42 Å². The second kappa shape index (κ2) is 4.26. The lowest BCUT2D eigenvalue weighted by Gasteiger charge is -2.00. The molecule has 0 N–H and O–H groups in total. The Bertz CT molecular complexity index is 412. The first-order valence-electron chi connectivity index (χ1n) is 5.19. The highest BCUT2D eigenvalue weighted by Gasteiger charge is 2.13. The number of ketones is 1. The van der Waals surface area contributed by atoms with Gasteiger partial charge in [-0.25, -0.2) is 0 Å². The van der Waals surface area contributed by atoms with Gasteiger partial charge in [-0.15, -0.1) is 0 Å². The van der Waals surface area contributed by atoms with Gasteiger partial charge in [0.15, 0.2) is 0 Å². The molecular formula is C14H14O. The molecule has 1 aromatic rings. The lowest BCUT2D eigenvalue weighted by Crippen LogP contribution is -2.01. The third-order valence-corrected chi connectivity index (χ3v) is 2.63. The number of carbonyl (C=O) groups excluding carboxylic acids is 1. The topological polar surface area (TPSA) is 17.1 Å². The molecule has 1 nitrogen and oxygen atoms in total. The van der Waals surface area contributed by atoms with Crippen molar-refractivity contribution in [2.45, 2.75) is 13.3 Å². The molecule has 1 heteroatoms. The van der Waals surface area contributed by atoms with Crippen LogP contribution in [-0.2, 0) is 11.2 Å². The van der Waals surface area contributed by atoms with Gasteiger partial charge in [0.25, 0.3) is 0 Å². The normalized spacial score (nSPS) is 19.0. The van der Waals surface area contributed by atoms with Crippen LogP contribution in [0, 0.1) is 5.92 Å². The summed E-state index contributed by atoms with van der Waals surface area (Å²) in [6, 6.07) is 10.3. The van der Waals surface area contributed by atoms with E-state index < -0.39 is 0 Å². The Balaban J connectivity index is 2.07. The summed E-state index contributed by atoms with van der Waals surface area (Å²) in [6.45, 7) is 1.64. The molecule has 1 aliphatic carbocycles. The molecule has 0 aliphatic heterocycles. The molecule has 0 saturated carbocycles. The van der Waals surface area contributed by atoms with Gasteiger partial charge in [-0.1, -0.05) is 48.6 Å². The molecule has 0 amide bonds. The largest absolute Gasteiger partial charge is 0.299 e. The van der Waals surface area contributed by atoms with Crippen LogP contribution in [0.5, 0.6) is 0 Å². The van der Waals surface area contributed by atoms with E-state index in [0.29, 0.717) is 0 Å². The maximum Gasteiger partial charge on any atom is 0.140 e. The number of hydrogen-bond donors (Lipinski definition) is 0. The first-order chi connectivity index (χ1) is 7.25. The fourth-order valence-electron chi connectivity index (χ4n) is 1.77. The predicted octanol–water partition coefficient (Wildman–Crippen LogP) is 2.93. The highest BCUT2D eigenvalue weighted by atomic mass is 16.1. The average molecular weight is 198 g/mol. The number of carbonyl (C=O) groups is 1. The van der Waals surface area contributed by atoms with Gasteiger partial charge in [0.2, 0.25) is 0 Å². The van der Waals surface area contributed by atoms with E-state index in [4.69, 9.17) is 0 Å². The van der Waals surface area contributed by atoms with Gasteiger partial charge in [0.1, 0.15) is 5.78 Å². The summed E-state index contributed by atoms with van der Waals surface area (Å²) >= 11 is 0. The summed E-state index contributed by atoms with van der Waals surface area (Å²) < 4.78 is 0. The molecule has 1 unspecified atom stereocenters. The molecule has 0 saturated heterocycles. The van der Waals surface area contributed by atoms with Gasteiger partial charge in [0, 0.05) is 0 Å². The maximum atomic E-state index is 11.1. The van der Waals surface area contributed by atoms with Crippen molar-refractivity contribution in [3.8, 4) is 0 Å². The maximum absolute atomic E-state index is 11.1. The zero-order valence-electron chi connectivity index (χ0n) is 8.81. The summed E-state index contributed by atoms with van der Waals surface area (Å²) in [7, 11) is 0. The second-order valence-corrected chi connectivity index (χ2v) is 3.90. The van der Waals surface area contributed by atoms with Crippen LogP contribution in [0.3, 0.4) is 0 Å². The van der Waals surface area contributed by atoms with Crippen LogP contribution < -0.4 is 0 Å². The standard InChI is InChI=1S/C14H14O/c1-11(15)14-8-7-13(10-14)9-12-5-3-2-4-6-12/h2-8,10,14H,9H2,1H3. The van der Waals surface area contributed by atoms with E-state index in [9.17, 15) is 4.79 Å². The second-order valence-electron chi connectivity index (χ2n) is 3.90. The summed E-state index contributed by atoms with van der Waals surface area (Å²) in [4.78, 5) is 11.1. The van der Waals surface area contributed by atoms with Gasteiger partial charge in [0.05, 0.1) is 5.92 Å². The van der Waals surface area contributed by atoms with Crippen molar-refractivity contribution in [1.29, 1.82) is 0 Å². The molecule has 1 aliphatic rings. The van der Waals surface area contributed by atoms with Gasteiger partial charge in [-0.3, -0.25) is 4.79 Å². The average Bonchev–Trinajstić information content (AvgIpc) is 2.68. The molecule has 0 radical (unpaired) electrons. The molecule has 1 aromatic carbocycles. The van der Waals surface area contributed by atoms with Crippen molar-refractivity contribution in [2.75, 3.05) is 0 Å². The van der Waals surface area contributed by atoms with E-state index in [1.807, 2.05) is 24.3 Å². The summed E-state index contributed by atoms with van der Waals surface area (Å²) in [5.74, 6) is 0.220. The van der Waals surface area contributed by atoms with Crippen molar-refractivity contribution in [3.05, 3.63) is 59.7 Å². The Morgan fingerprint density at radius 2 is 2.00 bits per heavy atom. The summed E-state index contributed by atoms with van der Waals surface area (Å²) in [5, 5.41) is 0. The number of allylic oxidation sites excluding steroid dienone is 4. The van der Waals surface area contributed by atoms with Crippen molar-refractivity contribution < 1.29 is 4.79 Å². The highest BCUT2D eigenvalue weighted by Crippen LogP contribution is 2.20. The number of benzene rings is 1. The predicted molar refractivity (Wildman–Crippen MR) is 61.5 cm³/mol. The van der Waals surface area contributed by atoms with Gasteiger partial charge in [-0.05, 0) is 24.5 Å². The minimum Gasteiger partial charge on any atom is -0.299 e. The van der Waals surface area contributed by atoms with Crippen molar-refractivity contribution in [3.63, 3.8) is 0 Å². The van der Waals surface area contributed by atoms with Gasteiger partial charge < -0.3 is 0 Å². The van der Waals surface area contributed by atoms with E-state index in [2.05, 4.69) is 24.3 Å². The van der Waals surface area contributed by atoms with Crippen LogP contribution in [0.25, 0.3) is 0 Å².